The molecule has 0 atom stereocenters. The Kier molecular flexibility index (Phi) is 5.30. The summed E-state index contributed by atoms with van der Waals surface area (Å²) in [5, 5.41) is 1.85. The molecule has 6 heteroatoms. The van der Waals surface area contributed by atoms with Crippen molar-refractivity contribution in [2.24, 2.45) is 0 Å². The lowest BCUT2D eigenvalue weighted by Crippen LogP contribution is -2.05. The van der Waals surface area contributed by atoms with Crippen molar-refractivity contribution < 1.29 is 13.2 Å². The number of ether oxygens (including phenoxy) is 1. The van der Waals surface area contributed by atoms with Gasteiger partial charge in [-0.1, -0.05) is 30.3 Å². The minimum Gasteiger partial charge on any atom is -0.497 e. The molecule has 3 rings (SSSR count). The predicted octanol–water partition coefficient (Wildman–Crippen LogP) is 4.05. The summed E-state index contributed by atoms with van der Waals surface area (Å²) in [6.07, 6.45) is 1.25. The molecule has 130 valence electrons. The molecule has 1 heterocycles. The average molecular weight is 373 g/mol. The van der Waals surface area contributed by atoms with E-state index in [1.54, 1.807) is 7.11 Å². The lowest BCUT2D eigenvalue weighted by Gasteiger charge is -2.11. The van der Waals surface area contributed by atoms with Crippen molar-refractivity contribution in [1.29, 1.82) is 0 Å². The highest BCUT2D eigenvalue weighted by atomic mass is 32.2. The Morgan fingerprint density at radius 2 is 1.84 bits per heavy atom. The number of pyridine rings is 1. The van der Waals surface area contributed by atoms with Crippen molar-refractivity contribution in [1.82, 2.24) is 4.98 Å². The number of hydrogen-bond donors (Lipinski definition) is 0. The van der Waals surface area contributed by atoms with E-state index in [9.17, 15) is 8.42 Å². The van der Waals surface area contributed by atoms with Crippen LogP contribution in [-0.4, -0.2) is 38.3 Å². The van der Waals surface area contributed by atoms with Crippen molar-refractivity contribution in [2.75, 3.05) is 24.9 Å². The van der Waals surface area contributed by atoms with Crippen molar-refractivity contribution in [2.45, 2.75) is 5.03 Å². The molecule has 0 N–H and O–H groups in total. The fourth-order valence-corrected chi connectivity index (χ4v) is 4.66. The normalized spacial score (nSPS) is 11.6. The van der Waals surface area contributed by atoms with E-state index < -0.39 is 9.84 Å². The monoisotopic (exact) mass is 373 g/mol. The van der Waals surface area contributed by atoms with E-state index in [0.717, 1.165) is 32.8 Å². The fourth-order valence-electron chi connectivity index (χ4n) is 2.54. The molecule has 0 saturated carbocycles. The van der Waals surface area contributed by atoms with E-state index in [4.69, 9.17) is 4.74 Å². The Hall–Kier alpha value is -2.05. The zero-order valence-corrected chi connectivity index (χ0v) is 15.7. The first-order valence-corrected chi connectivity index (χ1v) is 10.9. The third-order valence-corrected chi connectivity index (χ3v) is 5.90. The van der Waals surface area contributed by atoms with Crippen molar-refractivity contribution >= 4 is 32.5 Å². The predicted molar refractivity (Wildman–Crippen MR) is 104 cm³/mol. The Morgan fingerprint density at radius 1 is 1.08 bits per heavy atom. The van der Waals surface area contributed by atoms with Crippen molar-refractivity contribution in [3.05, 3.63) is 54.6 Å². The molecule has 0 aliphatic rings. The molecule has 0 radical (unpaired) electrons. The summed E-state index contributed by atoms with van der Waals surface area (Å²) in [7, 11) is -1.35. The first-order valence-electron chi connectivity index (χ1n) is 7.81. The van der Waals surface area contributed by atoms with Gasteiger partial charge in [-0.25, -0.2) is 13.4 Å². The van der Waals surface area contributed by atoms with Crippen LogP contribution in [0.2, 0.25) is 0 Å². The second-order valence-electron chi connectivity index (χ2n) is 5.74. The first-order chi connectivity index (χ1) is 12.0. The zero-order chi connectivity index (χ0) is 17.9. The van der Waals surface area contributed by atoms with Gasteiger partial charge in [0.25, 0.3) is 0 Å². The van der Waals surface area contributed by atoms with Crippen LogP contribution >= 0.6 is 11.8 Å². The summed E-state index contributed by atoms with van der Waals surface area (Å²) in [5.74, 6) is 1.36. The van der Waals surface area contributed by atoms with E-state index >= 15 is 0 Å². The van der Waals surface area contributed by atoms with Gasteiger partial charge < -0.3 is 4.74 Å². The molecule has 0 unspecified atom stereocenters. The molecule has 0 spiro atoms. The second-order valence-corrected chi connectivity index (χ2v) is 9.11. The lowest BCUT2D eigenvalue weighted by atomic mass is 10.0. The maximum atomic E-state index is 11.4. The van der Waals surface area contributed by atoms with Crippen LogP contribution in [0.15, 0.2) is 59.6 Å². The highest BCUT2D eigenvalue weighted by Crippen LogP contribution is 2.33. The number of benzene rings is 2. The Bertz CT molecular complexity index is 986. The second kappa shape index (κ2) is 7.45. The molecule has 0 saturated heterocycles. The fraction of sp³-hybridized carbons (Fsp3) is 0.211. The quantitative estimate of drug-likeness (QED) is 0.610. The van der Waals surface area contributed by atoms with Gasteiger partial charge in [0.2, 0.25) is 0 Å². The molecule has 1 aromatic heterocycles. The summed E-state index contributed by atoms with van der Waals surface area (Å²) < 4.78 is 28.0. The number of sulfone groups is 1. The molecule has 3 aromatic rings. The van der Waals surface area contributed by atoms with Crippen LogP contribution in [0.4, 0.5) is 0 Å². The maximum absolute atomic E-state index is 11.4. The third-order valence-electron chi connectivity index (χ3n) is 3.78. The minimum absolute atomic E-state index is 0.135. The SMILES string of the molecule is COc1ccc2c(-c3ccccc3)cc(SCCS(C)(=O)=O)nc2c1. The van der Waals surface area contributed by atoms with Gasteiger partial charge in [-0.05, 0) is 29.3 Å². The van der Waals surface area contributed by atoms with Crippen LogP contribution in [-0.2, 0) is 9.84 Å². The van der Waals surface area contributed by atoms with Gasteiger partial charge in [0.15, 0.2) is 0 Å². The molecule has 0 amide bonds. The summed E-state index contributed by atoms with van der Waals surface area (Å²) in [6.45, 7) is 0. The van der Waals surface area contributed by atoms with E-state index in [1.165, 1.54) is 18.0 Å². The molecule has 0 bridgehead atoms. The third kappa shape index (κ3) is 4.52. The van der Waals surface area contributed by atoms with Gasteiger partial charge in [-0.2, -0.15) is 0 Å². The van der Waals surface area contributed by atoms with Crippen molar-refractivity contribution in [3.8, 4) is 16.9 Å². The summed E-state index contributed by atoms with van der Waals surface area (Å²) in [6, 6.07) is 18.0. The Labute approximate surface area is 152 Å². The number of nitrogens with zero attached hydrogens (tertiary/aromatic N) is 1. The Balaban J connectivity index is 2.05. The summed E-state index contributed by atoms with van der Waals surface area (Å²) in [5.41, 5.74) is 3.02. The van der Waals surface area contributed by atoms with E-state index in [-0.39, 0.29) is 5.75 Å². The van der Waals surface area contributed by atoms with Gasteiger partial charge >= 0.3 is 0 Å². The van der Waals surface area contributed by atoms with Crippen LogP contribution < -0.4 is 4.74 Å². The smallest absolute Gasteiger partial charge is 0.148 e. The number of hydrogen-bond acceptors (Lipinski definition) is 5. The molecule has 2 aromatic carbocycles. The van der Waals surface area contributed by atoms with Crippen LogP contribution in [0, 0.1) is 0 Å². The van der Waals surface area contributed by atoms with Gasteiger partial charge in [-0.15, -0.1) is 11.8 Å². The molecule has 0 aliphatic carbocycles. The average Bonchev–Trinajstić information content (AvgIpc) is 2.60. The number of methoxy groups -OCH3 is 1. The van der Waals surface area contributed by atoms with Crippen LogP contribution in [0.1, 0.15) is 0 Å². The number of fused-ring (bicyclic) bond motifs is 1. The van der Waals surface area contributed by atoms with E-state index in [0.29, 0.717) is 5.75 Å². The van der Waals surface area contributed by atoms with E-state index in [2.05, 4.69) is 17.1 Å². The molecule has 4 nitrogen and oxygen atoms in total. The summed E-state index contributed by atoms with van der Waals surface area (Å²) >= 11 is 1.45. The van der Waals surface area contributed by atoms with Gasteiger partial charge in [0.05, 0.1) is 23.4 Å². The molecular weight excluding hydrogens is 354 g/mol. The minimum atomic E-state index is -2.98. The lowest BCUT2D eigenvalue weighted by molar-refractivity contribution is 0.415. The highest BCUT2D eigenvalue weighted by Gasteiger charge is 2.10. The van der Waals surface area contributed by atoms with Crippen molar-refractivity contribution in [3.63, 3.8) is 0 Å². The number of aromatic nitrogens is 1. The largest absolute Gasteiger partial charge is 0.497 e. The van der Waals surface area contributed by atoms with Crippen LogP contribution in [0.3, 0.4) is 0 Å². The summed E-state index contributed by atoms with van der Waals surface area (Å²) in [4.78, 5) is 4.68. The Morgan fingerprint density at radius 3 is 2.52 bits per heavy atom. The van der Waals surface area contributed by atoms with Crippen LogP contribution in [0.5, 0.6) is 5.75 Å². The first kappa shape index (κ1) is 17.8. The molecule has 25 heavy (non-hydrogen) atoms. The van der Waals surface area contributed by atoms with Gasteiger partial charge in [0.1, 0.15) is 15.6 Å². The molecular formula is C19H19NO3S2. The number of rotatable bonds is 6. The number of thioether (sulfide) groups is 1. The molecule has 0 fully saturated rings. The molecule has 0 aliphatic heterocycles. The van der Waals surface area contributed by atoms with Crippen LogP contribution in [0.25, 0.3) is 22.0 Å². The maximum Gasteiger partial charge on any atom is 0.148 e. The van der Waals surface area contributed by atoms with Gasteiger partial charge in [0, 0.05) is 23.5 Å². The standard InChI is InChI=1S/C19H19NO3S2/c1-23-15-8-9-16-17(14-6-4-3-5-7-14)13-19(20-18(16)12-15)24-10-11-25(2,21)22/h3-9,12-13H,10-11H2,1-2H3. The highest BCUT2D eigenvalue weighted by molar-refractivity contribution is 8.00. The topological polar surface area (TPSA) is 56.3 Å². The van der Waals surface area contributed by atoms with Gasteiger partial charge in [-0.3, -0.25) is 0 Å². The van der Waals surface area contributed by atoms with E-state index in [1.807, 2.05) is 42.5 Å². The zero-order valence-electron chi connectivity index (χ0n) is 14.1.